The van der Waals surface area contributed by atoms with Gasteiger partial charge in [-0.15, -0.1) is 0 Å². The van der Waals surface area contributed by atoms with Crippen LogP contribution in [0.5, 0.6) is 0 Å². The summed E-state index contributed by atoms with van der Waals surface area (Å²) in [5.41, 5.74) is 0.857. The smallest absolute Gasteiger partial charge is 0.225 e. The summed E-state index contributed by atoms with van der Waals surface area (Å²) in [7, 11) is 0. The summed E-state index contributed by atoms with van der Waals surface area (Å²) in [4.78, 5) is 20.7. The maximum absolute atomic E-state index is 10.2. The second-order valence-electron chi connectivity index (χ2n) is 2.93. The van der Waals surface area contributed by atoms with Crippen molar-refractivity contribution in [3.05, 3.63) is 18.0 Å². The molecule has 0 bridgehead atoms. The van der Waals surface area contributed by atoms with E-state index >= 15 is 0 Å². The van der Waals surface area contributed by atoms with Crippen LogP contribution in [0.25, 0.3) is 0 Å². The molecule has 76 valence electrons. The molecule has 0 spiro atoms. The molecule has 4 heteroatoms. The zero-order valence-electron chi connectivity index (χ0n) is 8.60. The number of carbonyl (C=O) groups excluding carboxylic acids is 1. The maximum Gasteiger partial charge on any atom is 0.225 e. The van der Waals surface area contributed by atoms with Gasteiger partial charge < -0.3 is 9.69 Å². The lowest BCUT2D eigenvalue weighted by Gasteiger charge is -2.17. The number of carbonyl (C=O) groups is 1. The van der Waals surface area contributed by atoms with Gasteiger partial charge in [0.05, 0.1) is 0 Å². The number of hydrogen-bond donors (Lipinski definition) is 0. The second-order valence-corrected chi connectivity index (χ2v) is 2.93. The normalized spacial score (nSPS) is 9.86. The van der Waals surface area contributed by atoms with Gasteiger partial charge in [-0.2, -0.15) is 0 Å². The van der Waals surface area contributed by atoms with E-state index in [0.717, 1.165) is 30.9 Å². The highest BCUT2D eigenvalue weighted by atomic mass is 16.1. The number of nitrogens with zero attached hydrogens (tertiary/aromatic N) is 3. The Morgan fingerprint density at radius 3 is 2.29 bits per heavy atom. The van der Waals surface area contributed by atoms with Crippen LogP contribution in [0, 0.1) is 0 Å². The summed E-state index contributed by atoms with van der Waals surface area (Å²) in [6.45, 7) is 5.91. The minimum absolute atomic E-state index is 0.387. The van der Waals surface area contributed by atoms with E-state index in [4.69, 9.17) is 0 Å². The zero-order chi connectivity index (χ0) is 10.4. The molecular formula is C10H15N3O. The molecule has 0 N–H and O–H groups in total. The van der Waals surface area contributed by atoms with Gasteiger partial charge in [-0.25, -0.2) is 9.97 Å². The van der Waals surface area contributed by atoms with Gasteiger partial charge in [-0.3, -0.25) is 0 Å². The average molecular weight is 193 g/mol. The Bertz CT molecular complexity index is 280. The molecule has 0 aromatic carbocycles. The molecule has 0 radical (unpaired) electrons. The lowest BCUT2D eigenvalue weighted by molar-refractivity contribution is -0.107. The summed E-state index contributed by atoms with van der Waals surface area (Å²) in [5.74, 6) is 0.727. The van der Waals surface area contributed by atoms with Crippen molar-refractivity contribution >= 4 is 12.2 Å². The lowest BCUT2D eigenvalue weighted by atomic mass is 10.3. The number of aldehydes is 1. The van der Waals surface area contributed by atoms with Gasteiger partial charge in [-0.1, -0.05) is 0 Å². The van der Waals surface area contributed by atoms with Crippen molar-refractivity contribution in [3.63, 3.8) is 0 Å². The molecule has 0 saturated heterocycles. The minimum atomic E-state index is 0.387. The molecule has 0 aliphatic carbocycles. The van der Waals surface area contributed by atoms with E-state index in [1.807, 2.05) is 0 Å². The van der Waals surface area contributed by atoms with E-state index in [2.05, 4.69) is 28.7 Å². The van der Waals surface area contributed by atoms with Crippen molar-refractivity contribution in [1.82, 2.24) is 9.97 Å². The van der Waals surface area contributed by atoms with E-state index in [-0.39, 0.29) is 0 Å². The molecular weight excluding hydrogens is 178 g/mol. The minimum Gasteiger partial charge on any atom is -0.341 e. The highest BCUT2D eigenvalue weighted by molar-refractivity contribution is 5.54. The Balaban J connectivity index is 2.76. The number of rotatable bonds is 5. The zero-order valence-corrected chi connectivity index (χ0v) is 8.60. The molecule has 0 unspecified atom stereocenters. The summed E-state index contributed by atoms with van der Waals surface area (Å²) >= 11 is 0. The first-order valence-electron chi connectivity index (χ1n) is 4.81. The molecule has 1 aromatic rings. The summed E-state index contributed by atoms with van der Waals surface area (Å²) in [6.07, 6.45) is 4.65. The lowest BCUT2D eigenvalue weighted by Crippen LogP contribution is -2.24. The molecule has 4 nitrogen and oxygen atoms in total. The Hall–Kier alpha value is -1.45. The van der Waals surface area contributed by atoms with Crippen LogP contribution in [0.2, 0.25) is 0 Å². The second kappa shape index (κ2) is 5.32. The van der Waals surface area contributed by atoms with Crippen LogP contribution >= 0.6 is 0 Å². The number of aromatic nitrogens is 2. The van der Waals surface area contributed by atoms with Crippen molar-refractivity contribution in [1.29, 1.82) is 0 Å². The predicted octanol–water partition coefficient (Wildman–Crippen LogP) is 1.06. The first-order chi connectivity index (χ1) is 6.81. The summed E-state index contributed by atoms with van der Waals surface area (Å²) in [5, 5.41) is 0. The third-order valence-corrected chi connectivity index (χ3v) is 2.06. The average Bonchev–Trinajstić information content (AvgIpc) is 2.23. The standard InChI is InChI=1S/C10H15N3O/c1-3-13(4-2)10-11-7-9(5-6-14)8-12-10/h6-8H,3-5H2,1-2H3. The fourth-order valence-corrected chi connectivity index (χ4v) is 1.22. The molecule has 1 rings (SSSR count). The van der Waals surface area contributed by atoms with Crippen LogP contribution in [0.1, 0.15) is 19.4 Å². The van der Waals surface area contributed by atoms with Gasteiger partial charge in [0.2, 0.25) is 5.95 Å². The molecule has 0 aliphatic rings. The molecule has 0 amide bonds. The fraction of sp³-hybridized carbons (Fsp3) is 0.500. The Morgan fingerprint density at radius 1 is 1.29 bits per heavy atom. The Kier molecular flexibility index (Phi) is 4.04. The van der Waals surface area contributed by atoms with Gasteiger partial charge in [0.25, 0.3) is 0 Å². The summed E-state index contributed by atoms with van der Waals surface area (Å²) in [6, 6.07) is 0. The van der Waals surface area contributed by atoms with Crippen LogP contribution in [-0.4, -0.2) is 29.3 Å². The van der Waals surface area contributed by atoms with E-state index < -0.39 is 0 Å². The van der Waals surface area contributed by atoms with E-state index in [0.29, 0.717) is 6.42 Å². The van der Waals surface area contributed by atoms with Crippen molar-refractivity contribution in [2.45, 2.75) is 20.3 Å². The molecule has 0 saturated carbocycles. The monoisotopic (exact) mass is 193 g/mol. The van der Waals surface area contributed by atoms with Gasteiger partial charge >= 0.3 is 0 Å². The van der Waals surface area contributed by atoms with E-state index in [9.17, 15) is 4.79 Å². The topological polar surface area (TPSA) is 46.1 Å². The summed E-state index contributed by atoms with van der Waals surface area (Å²) < 4.78 is 0. The number of anilines is 1. The first-order valence-corrected chi connectivity index (χ1v) is 4.81. The maximum atomic E-state index is 10.2. The quantitative estimate of drug-likeness (QED) is 0.656. The largest absolute Gasteiger partial charge is 0.341 e. The SMILES string of the molecule is CCN(CC)c1ncc(CC=O)cn1. The first kappa shape index (κ1) is 10.6. The van der Waals surface area contributed by atoms with Crippen molar-refractivity contribution in [2.75, 3.05) is 18.0 Å². The molecule has 1 heterocycles. The fourth-order valence-electron chi connectivity index (χ4n) is 1.22. The highest BCUT2D eigenvalue weighted by Crippen LogP contribution is 2.06. The molecule has 14 heavy (non-hydrogen) atoms. The van der Waals surface area contributed by atoms with Crippen LogP contribution in [0.15, 0.2) is 12.4 Å². The Morgan fingerprint density at radius 2 is 1.86 bits per heavy atom. The van der Waals surface area contributed by atoms with E-state index in [1.165, 1.54) is 0 Å². The molecule has 1 aromatic heterocycles. The van der Waals surface area contributed by atoms with Gasteiger partial charge in [0, 0.05) is 31.9 Å². The van der Waals surface area contributed by atoms with Crippen LogP contribution in [0.3, 0.4) is 0 Å². The number of hydrogen-bond acceptors (Lipinski definition) is 4. The van der Waals surface area contributed by atoms with Crippen molar-refractivity contribution in [2.24, 2.45) is 0 Å². The van der Waals surface area contributed by atoms with Crippen molar-refractivity contribution < 1.29 is 4.79 Å². The third kappa shape index (κ3) is 2.52. The van der Waals surface area contributed by atoms with Gasteiger partial charge in [-0.05, 0) is 19.4 Å². The Labute approximate surface area is 84.0 Å². The molecule has 0 fully saturated rings. The van der Waals surface area contributed by atoms with Crippen LogP contribution < -0.4 is 4.90 Å². The molecule has 0 atom stereocenters. The predicted molar refractivity (Wildman–Crippen MR) is 55.4 cm³/mol. The van der Waals surface area contributed by atoms with Gasteiger partial charge in [0.1, 0.15) is 6.29 Å². The van der Waals surface area contributed by atoms with Crippen LogP contribution in [-0.2, 0) is 11.2 Å². The van der Waals surface area contributed by atoms with Gasteiger partial charge in [0.15, 0.2) is 0 Å². The van der Waals surface area contributed by atoms with E-state index in [1.54, 1.807) is 12.4 Å². The third-order valence-electron chi connectivity index (χ3n) is 2.06. The molecule has 0 aliphatic heterocycles. The van der Waals surface area contributed by atoms with Crippen LogP contribution in [0.4, 0.5) is 5.95 Å². The highest BCUT2D eigenvalue weighted by Gasteiger charge is 2.03. The van der Waals surface area contributed by atoms with Crippen molar-refractivity contribution in [3.8, 4) is 0 Å².